The van der Waals surface area contributed by atoms with Crippen LogP contribution in [0.1, 0.15) is 26.7 Å². The zero-order chi connectivity index (χ0) is 12.6. The van der Waals surface area contributed by atoms with E-state index in [2.05, 4.69) is 11.8 Å². The molecule has 0 radical (unpaired) electrons. The second-order valence-corrected chi connectivity index (χ2v) is 4.41. The Morgan fingerprint density at radius 3 is 2.31 bits per heavy atom. The van der Waals surface area contributed by atoms with Crippen molar-refractivity contribution >= 4 is 5.91 Å². The Labute approximate surface area is 99.5 Å². The third-order valence-corrected chi connectivity index (χ3v) is 2.63. The number of ether oxygens (including phenoxy) is 1. The van der Waals surface area contributed by atoms with Gasteiger partial charge < -0.3 is 14.5 Å². The lowest BCUT2D eigenvalue weighted by Crippen LogP contribution is -2.40. The van der Waals surface area contributed by atoms with Crippen molar-refractivity contribution in [3.8, 4) is 0 Å². The number of methoxy groups -OCH3 is 1. The van der Waals surface area contributed by atoms with Crippen LogP contribution in [0.5, 0.6) is 0 Å². The molecule has 0 N–H and O–H groups in total. The van der Waals surface area contributed by atoms with E-state index in [1.54, 1.807) is 14.0 Å². The SMILES string of the molecule is CCCC(CN(CCN(C)C)C(C)=O)OC. The first kappa shape index (κ1) is 15.4. The Balaban J connectivity index is 4.14. The molecule has 0 heterocycles. The summed E-state index contributed by atoms with van der Waals surface area (Å²) in [4.78, 5) is 15.4. The third kappa shape index (κ3) is 6.80. The van der Waals surface area contributed by atoms with Crippen molar-refractivity contribution < 1.29 is 9.53 Å². The van der Waals surface area contributed by atoms with Gasteiger partial charge in [-0.05, 0) is 20.5 Å². The molecule has 0 aromatic rings. The molecule has 0 saturated carbocycles. The van der Waals surface area contributed by atoms with Crippen molar-refractivity contribution in [1.29, 1.82) is 0 Å². The van der Waals surface area contributed by atoms with Crippen LogP contribution in [0, 0.1) is 0 Å². The number of likely N-dealkylation sites (N-methyl/N-ethyl adjacent to an activating group) is 1. The van der Waals surface area contributed by atoms with Gasteiger partial charge in [-0.25, -0.2) is 0 Å². The molecule has 0 saturated heterocycles. The standard InChI is InChI=1S/C12H26N2O2/c1-6-7-12(16-5)10-14(11(2)15)9-8-13(3)4/h12H,6-10H2,1-5H3. The topological polar surface area (TPSA) is 32.8 Å². The van der Waals surface area contributed by atoms with Crippen molar-refractivity contribution in [3.05, 3.63) is 0 Å². The number of carbonyl (C=O) groups excluding carboxylic acids is 1. The van der Waals surface area contributed by atoms with Crippen LogP contribution >= 0.6 is 0 Å². The number of amides is 1. The Morgan fingerprint density at radius 1 is 1.31 bits per heavy atom. The summed E-state index contributed by atoms with van der Waals surface area (Å²) in [5.74, 6) is 0.125. The van der Waals surface area contributed by atoms with Crippen LogP contribution in [-0.4, -0.2) is 62.7 Å². The van der Waals surface area contributed by atoms with Gasteiger partial charge in [0.15, 0.2) is 0 Å². The Morgan fingerprint density at radius 2 is 1.94 bits per heavy atom. The summed E-state index contributed by atoms with van der Waals surface area (Å²) in [5.41, 5.74) is 0. The van der Waals surface area contributed by atoms with E-state index in [1.165, 1.54) is 0 Å². The maximum absolute atomic E-state index is 11.5. The molecule has 1 atom stereocenters. The maximum atomic E-state index is 11.5. The van der Waals surface area contributed by atoms with E-state index in [0.29, 0.717) is 6.54 Å². The van der Waals surface area contributed by atoms with Crippen molar-refractivity contribution in [2.75, 3.05) is 40.8 Å². The number of carbonyl (C=O) groups is 1. The molecular formula is C12H26N2O2. The van der Waals surface area contributed by atoms with Gasteiger partial charge in [0.05, 0.1) is 6.10 Å². The molecule has 0 aliphatic heterocycles. The molecule has 0 rings (SSSR count). The molecule has 0 fully saturated rings. The van der Waals surface area contributed by atoms with E-state index >= 15 is 0 Å². The van der Waals surface area contributed by atoms with Crippen molar-refractivity contribution in [3.63, 3.8) is 0 Å². The van der Waals surface area contributed by atoms with Gasteiger partial charge in [-0.15, -0.1) is 0 Å². The van der Waals surface area contributed by atoms with Gasteiger partial charge in [-0.3, -0.25) is 4.79 Å². The highest BCUT2D eigenvalue weighted by atomic mass is 16.5. The first-order valence-corrected chi connectivity index (χ1v) is 5.94. The Kier molecular flexibility index (Phi) is 8.21. The van der Waals surface area contributed by atoms with E-state index in [-0.39, 0.29) is 12.0 Å². The van der Waals surface area contributed by atoms with Crippen molar-refractivity contribution in [2.45, 2.75) is 32.8 Å². The first-order chi connectivity index (χ1) is 7.51. The minimum absolute atomic E-state index is 0.125. The zero-order valence-corrected chi connectivity index (χ0v) is 11.3. The van der Waals surface area contributed by atoms with E-state index in [1.807, 2.05) is 19.0 Å². The second-order valence-electron chi connectivity index (χ2n) is 4.41. The summed E-state index contributed by atoms with van der Waals surface area (Å²) in [5, 5.41) is 0. The van der Waals surface area contributed by atoms with Crippen LogP contribution in [0.2, 0.25) is 0 Å². The van der Waals surface area contributed by atoms with Gasteiger partial charge in [-0.1, -0.05) is 13.3 Å². The van der Waals surface area contributed by atoms with E-state index in [9.17, 15) is 4.79 Å². The fourth-order valence-corrected chi connectivity index (χ4v) is 1.55. The van der Waals surface area contributed by atoms with Crippen LogP contribution in [0.25, 0.3) is 0 Å². The van der Waals surface area contributed by atoms with Crippen LogP contribution < -0.4 is 0 Å². The lowest BCUT2D eigenvalue weighted by molar-refractivity contribution is -0.130. The number of rotatable bonds is 8. The predicted octanol–water partition coefficient (Wildman–Crippen LogP) is 1.21. The van der Waals surface area contributed by atoms with Gasteiger partial charge in [0.1, 0.15) is 0 Å². The first-order valence-electron chi connectivity index (χ1n) is 5.94. The molecule has 0 aliphatic rings. The fraction of sp³-hybridized carbons (Fsp3) is 0.917. The summed E-state index contributed by atoms with van der Waals surface area (Å²) in [6.45, 7) is 6.11. The average Bonchev–Trinajstić information content (AvgIpc) is 2.21. The summed E-state index contributed by atoms with van der Waals surface area (Å²) >= 11 is 0. The van der Waals surface area contributed by atoms with Crippen LogP contribution in [0.3, 0.4) is 0 Å². The molecule has 1 unspecified atom stereocenters. The number of nitrogens with zero attached hydrogens (tertiary/aromatic N) is 2. The normalized spacial score (nSPS) is 12.9. The molecule has 0 spiro atoms. The number of hydrogen-bond donors (Lipinski definition) is 0. The minimum Gasteiger partial charge on any atom is -0.380 e. The molecule has 1 amide bonds. The van der Waals surface area contributed by atoms with Crippen molar-refractivity contribution in [2.24, 2.45) is 0 Å². The van der Waals surface area contributed by atoms with E-state index < -0.39 is 0 Å². The molecule has 4 nitrogen and oxygen atoms in total. The zero-order valence-electron chi connectivity index (χ0n) is 11.3. The Hall–Kier alpha value is -0.610. The van der Waals surface area contributed by atoms with Gasteiger partial charge in [0.25, 0.3) is 0 Å². The molecule has 96 valence electrons. The smallest absolute Gasteiger partial charge is 0.219 e. The van der Waals surface area contributed by atoms with Gasteiger partial charge in [-0.2, -0.15) is 0 Å². The molecule has 0 bridgehead atoms. The molecule has 0 aliphatic carbocycles. The predicted molar refractivity (Wildman–Crippen MR) is 66.5 cm³/mol. The quantitative estimate of drug-likeness (QED) is 0.628. The molecule has 0 aromatic heterocycles. The molecule has 16 heavy (non-hydrogen) atoms. The lowest BCUT2D eigenvalue weighted by Gasteiger charge is -2.27. The summed E-state index contributed by atoms with van der Waals surface area (Å²) in [6, 6.07) is 0. The summed E-state index contributed by atoms with van der Waals surface area (Å²) in [6.07, 6.45) is 2.25. The Bertz CT molecular complexity index is 195. The third-order valence-electron chi connectivity index (χ3n) is 2.63. The van der Waals surface area contributed by atoms with Crippen molar-refractivity contribution in [1.82, 2.24) is 9.80 Å². The van der Waals surface area contributed by atoms with E-state index in [4.69, 9.17) is 4.74 Å². The minimum atomic E-state index is 0.125. The van der Waals surface area contributed by atoms with Crippen LogP contribution in [-0.2, 0) is 9.53 Å². The highest BCUT2D eigenvalue weighted by Gasteiger charge is 2.15. The average molecular weight is 230 g/mol. The van der Waals surface area contributed by atoms with Gasteiger partial charge in [0, 0.05) is 33.7 Å². The van der Waals surface area contributed by atoms with Crippen LogP contribution in [0.4, 0.5) is 0 Å². The lowest BCUT2D eigenvalue weighted by atomic mass is 10.2. The van der Waals surface area contributed by atoms with Gasteiger partial charge in [0.2, 0.25) is 5.91 Å². The highest BCUT2D eigenvalue weighted by Crippen LogP contribution is 2.04. The number of hydrogen-bond acceptors (Lipinski definition) is 3. The highest BCUT2D eigenvalue weighted by molar-refractivity contribution is 5.73. The fourth-order valence-electron chi connectivity index (χ4n) is 1.55. The molecule has 0 aromatic carbocycles. The van der Waals surface area contributed by atoms with Gasteiger partial charge >= 0.3 is 0 Å². The maximum Gasteiger partial charge on any atom is 0.219 e. The second kappa shape index (κ2) is 8.53. The monoisotopic (exact) mass is 230 g/mol. The summed E-state index contributed by atoms with van der Waals surface area (Å²) in [7, 11) is 5.74. The van der Waals surface area contributed by atoms with Crippen LogP contribution in [0.15, 0.2) is 0 Å². The van der Waals surface area contributed by atoms with E-state index in [0.717, 1.165) is 25.9 Å². The largest absolute Gasteiger partial charge is 0.380 e. The molecular weight excluding hydrogens is 204 g/mol. The summed E-state index contributed by atoms with van der Waals surface area (Å²) < 4.78 is 5.37. The molecule has 4 heteroatoms.